The van der Waals surface area contributed by atoms with E-state index in [1.165, 1.54) is 99.7 Å². The SMILES string of the molecule is CC1(C)c2ccccc2C2(c3ccccc3-c3ccc(N(c4ccc(-c5ccc6c(c5)c5ccccc5n6-c5ccccc5)cc4)c4ccccc4-c4ccccc4-c4ccccc4-c4ccccc4)cc32)c2ccccc21. The molecule has 0 amide bonds. The maximum absolute atomic E-state index is 2.53. The highest BCUT2D eigenvalue weighted by Gasteiger charge is 2.53. The number of aromatic nitrogens is 1. The summed E-state index contributed by atoms with van der Waals surface area (Å²) in [4.78, 5) is 2.51. The van der Waals surface area contributed by atoms with Crippen molar-refractivity contribution in [3.63, 3.8) is 0 Å². The van der Waals surface area contributed by atoms with E-state index in [1.807, 2.05) is 0 Å². The van der Waals surface area contributed by atoms with Crippen molar-refractivity contribution in [3.8, 4) is 61.3 Å². The number of fused-ring (bicyclic) bond motifs is 12. The fraction of sp³-hybridized carbons (Fsp3) is 0.0526. The van der Waals surface area contributed by atoms with Crippen LogP contribution in [0.25, 0.3) is 83.1 Å². The molecule has 2 aliphatic rings. The van der Waals surface area contributed by atoms with E-state index in [0.29, 0.717) is 0 Å². The molecule has 0 bridgehead atoms. The predicted molar refractivity (Wildman–Crippen MR) is 327 cm³/mol. The third-order valence-electron chi connectivity index (χ3n) is 17.1. The third kappa shape index (κ3) is 6.83. The zero-order valence-corrected chi connectivity index (χ0v) is 43.6. The molecule has 0 unspecified atom stereocenters. The number of rotatable bonds is 8. The lowest BCUT2D eigenvalue weighted by molar-refractivity contribution is 0.563. The summed E-state index contributed by atoms with van der Waals surface area (Å²) in [5.41, 5.74) is 26.1. The number of hydrogen-bond acceptors (Lipinski definition) is 1. The highest BCUT2D eigenvalue weighted by atomic mass is 15.1. The molecule has 0 N–H and O–H groups in total. The van der Waals surface area contributed by atoms with Crippen molar-refractivity contribution in [1.29, 1.82) is 0 Å². The Morgan fingerprint density at radius 1 is 0.282 bits per heavy atom. The van der Waals surface area contributed by atoms with Crippen LogP contribution in [0.5, 0.6) is 0 Å². The van der Waals surface area contributed by atoms with Crippen LogP contribution in [0, 0.1) is 0 Å². The Kier molecular flexibility index (Phi) is 10.5. The molecule has 0 radical (unpaired) electrons. The molecule has 0 aliphatic heterocycles. The van der Waals surface area contributed by atoms with Gasteiger partial charge in [0.2, 0.25) is 0 Å². The Labute approximate surface area is 456 Å². The van der Waals surface area contributed by atoms with Gasteiger partial charge in [-0.05, 0) is 144 Å². The lowest BCUT2D eigenvalue weighted by Crippen LogP contribution is -2.40. The smallest absolute Gasteiger partial charge is 0.0720 e. The first-order valence-corrected chi connectivity index (χ1v) is 27.3. The van der Waals surface area contributed by atoms with Gasteiger partial charge in [-0.3, -0.25) is 0 Å². The zero-order valence-electron chi connectivity index (χ0n) is 43.6. The van der Waals surface area contributed by atoms with Crippen LogP contribution >= 0.6 is 0 Å². The minimum Gasteiger partial charge on any atom is -0.310 e. The molecule has 0 atom stereocenters. The van der Waals surface area contributed by atoms with Crippen molar-refractivity contribution in [2.24, 2.45) is 0 Å². The molecule has 0 saturated carbocycles. The molecule has 15 rings (SSSR count). The fourth-order valence-electron chi connectivity index (χ4n) is 13.7. The Hall–Kier alpha value is -9.76. The summed E-state index contributed by atoms with van der Waals surface area (Å²) in [6.45, 7) is 4.80. The Bertz CT molecular complexity index is 4410. The van der Waals surface area contributed by atoms with Gasteiger partial charge in [0, 0.05) is 38.8 Å². The van der Waals surface area contributed by atoms with Crippen molar-refractivity contribution in [2.75, 3.05) is 4.90 Å². The highest BCUT2D eigenvalue weighted by Crippen LogP contribution is 2.63. The molecule has 12 aromatic carbocycles. The number of benzene rings is 12. The molecule has 0 fully saturated rings. The quantitative estimate of drug-likeness (QED) is 0.147. The summed E-state index contributed by atoms with van der Waals surface area (Å²) in [5.74, 6) is 0. The summed E-state index contributed by atoms with van der Waals surface area (Å²) in [6, 6.07) is 108. The zero-order chi connectivity index (χ0) is 52.0. The average molecular weight is 995 g/mol. The molecular formula is C76H54N2. The molecule has 2 aliphatic carbocycles. The topological polar surface area (TPSA) is 8.17 Å². The number of nitrogens with zero attached hydrogens (tertiary/aromatic N) is 2. The Balaban J connectivity index is 0.946. The number of anilines is 3. The van der Waals surface area contributed by atoms with E-state index in [4.69, 9.17) is 0 Å². The Morgan fingerprint density at radius 3 is 1.45 bits per heavy atom. The van der Waals surface area contributed by atoms with Gasteiger partial charge < -0.3 is 9.47 Å². The van der Waals surface area contributed by atoms with E-state index in [-0.39, 0.29) is 5.41 Å². The summed E-state index contributed by atoms with van der Waals surface area (Å²) >= 11 is 0. The van der Waals surface area contributed by atoms with E-state index >= 15 is 0 Å². The third-order valence-corrected chi connectivity index (χ3v) is 17.1. The van der Waals surface area contributed by atoms with Crippen LogP contribution in [-0.4, -0.2) is 4.57 Å². The lowest BCUT2D eigenvalue weighted by Gasteiger charge is -2.46. The lowest BCUT2D eigenvalue weighted by atomic mass is 9.55. The van der Waals surface area contributed by atoms with Crippen LogP contribution < -0.4 is 4.90 Å². The van der Waals surface area contributed by atoms with Crippen molar-refractivity contribution in [3.05, 3.63) is 325 Å². The standard InChI is InChI=1S/C76H54N2/c1-75(2)67-35-17-19-37-69(67)76(70-38-20-18-36-68(70)75)66-34-16-13-31-61(66)62-47-46-56(50-71(62)76)77(72-39-21-14-32-63(72)60-30-12-11-29-59(60)58-28-10-9-27-57(58)52-23-5-3-6-24-52)55-44-41-51(42-45-55)53-43-48-74-65(49-53)64-33-15-22-40-73(64)78(74)54-25-7-4-8-26-54/h3-50H,1-2H3. The van der Waals surface area contributed by atoms with Gasteiger partial charge in [0.1, 0.15) is 0 Å². The normalized spacial score (nSPS) is 13.5. The van der Waals surface area contributed by atoms with Crippen molar-refractivity contribution in [1.82, 2.24) is 4.57 Å². The average Bonchev–Trinajstić information content (AvgIpc) is 3.71. The van der Waals surface area contributed by atoms with Crippen LogP contribution in [-0.2, 0) is 10.8 Å². The minimum absolute atomic E-state index is 0.198. The van der Waals surface area contributed by atoms with E-state index in [9.17, 15) is 0 Å². The van der Waals surface area contributed by atoms with Crippen LogP contribution in [0.3, 0.4) is 0 Å². The van der Waals surface area contributed by atoms with Gasteiger partial charge >= 0.3 is 0 Å². The number of para-hydroxylation sites is 3. The molecule has 1 aromatic heterocycles. The number of hydrogen-bond donors (Lipinski definition) is 0. The van der Waals surface area contributed by atoms with Gasteiger partial charge in [0.15, 0.2) is 0 Å². The van der Waals surface area contributed by atoms with Crippen LogP contribution in [0.1, 0.15) is 47.2 Å². The molecule has 1 spiro atoms. The van der Waals surface area contributed by atoms with Gasteiger partial charge in [0.05, 0.1) is 22.1 Å². The molecule has 78 heavy (non-hydrogen) atoms. The molecule has 368 valence electrons. The highest BCUT2D eigenvalue weighted by molar-refractivity contribution is 6.10. The van der Waals surface area contributed by atoms with Crippen molar-refractivity contribution in [2.45, 2.75) is 24.7 Å². The first kappa shape index (κ1) is 45.6. The first-order valence-electron chi connectivity index (χ1n) is 27.3. The first-order chi connectivity index (χ1) is 38.5. The second-order valence-corrected chi connectivity index (χ2v) is 21.5. The maximum atomic E-state index is 2.53. The van der Waals surface area contributed by atoms with Crippen LogP contribution in [0.15, 0.2) is 291 Å². The second-order valence-electron chi connectivity index (χ2n) is 21.5. The maximum Gasteiger partial charge on any atom is 0.0720 e. The summed E-state index contributed by atoms with van der Waals surface area (Å²) in [6.07, 6.45) is 0. The van der Waals surface area contributed by atoms with Crippen molar-refractivity contribution >= 4 is 38.9 Å². The van der Waals surface area contributed by atoms with E-state index in [2.05, 4.69) is 315 Å². The van der Waals surface area contributed by atoms with Gasteiger partial charge in [-0.2, -0.15) is 0 Å². The van der Waals surface area contributed by atoms with Gasteiger partial charge in [-0.15, -0.1) is 0 Å². The van der Waals surface area contributed by atoms with E-state index < -0.39 is 5.41 Å². The monoisotopic (exact) mass is 994 g/mol. The molecule has 2 nitrogen and oxygen atoms in total. The molecule has 2 heteroatoms. The van der Waals surface area contributed by atoms with Crippen molar-refractivity contribution < 1.29 is 0 Å². The minimum atomic E-state index is -0.546. The fourth-order valence-corrected chi connectivity index (χ4v) is 13.7. The van der Waals surface area contributed by atoms with Crippen LogP contribution in [0.4, 0.5) is 17.1 Å². The molecular weight excluding hydrogens is 941 g/mol. The second kappa shape index (κ2) is 17.9. The van der Waals surface area contributed by atoms with Gasteiger partial charge in [-0.1, -0.05) is 244 Å². The van der Waals surface area contributed by atoms with E-state index in [1.54, 1.807) is 0 Å². The summed E-state index contributed by atoms with van der Waals surface area (Å²) in [7, 11) is 0. The summed E-state index contributed by atoms with van der Waals surface area (Å²) in [5, 5.41) is 2.48. The Morgan fingerprint density at radius 2 is 0.756 bits per heavy atom. The molecule has 1 heterocycles. The largest absolute Gasteiger partial charge is 0.310 e. The van der Waals surface area contributed by atoms with Gasteiger partial charge in [-0.25, -0.2) is 0 Å². The van der Waals surface area contributed by atoms with Crippen LogP contribution in [0.2, 0.25) is 0 Å². The molecule has 0 saturated heterocycles. The predicted octanol–water partition coefficient (Wildman–Crippen LogP) is 19.9. The van der Waals surface area contributed by atoms with Gasteiger partial charge in [0.25, 0.3) is 0 Å². The summed E-state index contributed by atoms with van der Waals surface area (Å²) < 4.78 is 2.38. The van der Waals surface area contributed by atoms with E-state index in [0.717, 1.165) is 33.9 Å². The molecule has 13 aromatic rings.